The van der Waals surface area contributed by atoms with Crippen molar-refractivity contribution in [2.75, 3.05) is 19.6 Å². The van der Waals surface area contributed by atoms with Gasteiger partial charge in [0.1, 0.15) is 0 Å². The Kier molecular flexibility index (Phi) is 5.04. The second kappa shape index (κ2) is 6.38. The van der Waals surface area contributed by atoms with Crippen molar-refractivity contribution >= 4 is 11.3 Å². The fourth-order valence-corrected chi connectivity index (χ4v) is 3.70. The minimum atomic E-state index is 0.513. The molecular formula is C16H28N2S. The Hall–Kier alpha value is -0.380. The van der Waals surface area contributed by atoms with Crippen LogP contribution >= 0.6 is 11.3 Å². The van der Waals surface area contributed by atoms with Gasteiger partial charge in [-0.1, -0.05) is 27.7 Å². The lowest BCUT2D eigenvalue weighted by atomic mass is 9.93. The number of likely N-dealkylation sites (tertiary alicyclic amines) is 1. The predicted molar refractivity (Wildman–Crippen MR) is 84.5 cm³/mol. The van der Waals surface area contributed by atoms with Crippen molar-refractivity contribution in [1.29, 1.82) is 0 Å². The van der Waals surface area contributed by atoms with Gasteiger partial charge < -0.3 is 5.32 Å². The first-order valence-corrected chi connectivity index (χ1v) is 8.27. The maximum atomic E-state index is 3.52. The van der Waals surface area contributed by atoms with E-state index in [0.29, 0.717) is 5.41 Å². The topological polar surface area (TPSA) is 15.3 Å². The highest BCUT2D eigenvalue weighted by Gasteiger charge is 2.29. The second-order valence-corrected chi connectivity index (χ2v) is 8.27. The SMILES string of the molecule is CC(C)CNCc1ccc(CN2CCC(C)(C)C2)s1. The monoisotopic (exact) mass is 280 g/mol. The third-order valence-corrected chi connectivity index (χ3v) is 4.77. The summed E-state index contributed by atoms with van der Waals surface area (Å²) in [7, 11) is 0. The summed E-state index contributed by atoms with van der Waals surface area (Å²) in [5.74, 6) is 0.728. The third-order valence-electron chi connectivity index (χ3n) is 3.71. The molecule has 1 fully saturated rings. The van der Waals surface area contributed by atoms with Crippen molar-refractivity contribution in [1.82, 2.24) is 10.2 Å². The highest BCUT2D eigenvalue weighted by atomic mass is 32.1. The van der Waals surface area contributed by atoms with Gasteiger partial charge in [-0.2, -0.15) is 0 Å². The highest BCUT2D eigenvalue weighted by molar-refractivity contribution is 7.11. The maximum absolute atomic E-state index is 3.52. The highest BCUT2D eigenvalue weighted by Crippen LogP contribution is 2.30. The van der Waals surface area contributed by atoms with Crippen molar-refractivity contribution in [3.63, 3.8) is 0 Å². The molecule has 2 nitrogen and oxygen atoms in total. The summed E-state index contributed by atoms with van der Waals surface area (Å²) in [6.45, 7) is 15.0. The molecule has 0 bridgehead atoms. The van der Waals surface area contributed by atoms with E-state index in [1.165, 1.54) is 29.3 Å². The fourth-order valence-electron chi connectivity index (χ4n) is 2.67. The quantitative estimate of drug-likeness (QED) is 0.854. The van der Waals surface area contributed by atoms with E-state index < -0.39 is 0 Å². The Morgan fingerprint density at radius 1 is 1.32 bits per heavy atom. The molecule has 2 rings (SSSR count). The Labute approximate surface area is 122 Å². The van der Waals surface area contributed by atoms with Gasteiger partial charge in [-0.3, -0.25) is 4.90 Å². The first-order chi connectivity index (χ1) is 8.94. The molecule has 0 aromatic carbocycles. The van der Waals surface area contributed by atoms with Crippen LogP contribution in [0.25, 0.3) is 0 Å². The summed E-state index contributed by atoms with van der Waals surface area (Å²) in [5, 5.41) is 3.52. The lowest BCUT2D eigenvalue weighted by molar-refractivity contribution is 0.286. The minimum absolute atomic E-state index is 0.513. The van der Waals surface area contributed by atoms with Crippen LogP contribution in [0.1, 0.15) is 43.9 Å². The number of hydrogen-bond donors (Lipinski definition) is 1. The van der Waals surface area contributed by atoms with Crippen molar-refractivity contribution in [2.24, 2.45) is 11.3 Å². The summed E-state index contributed by atoms with van der Waals surface area (Å²) in [4.78, 5) is 5.57. The van der Waals surface area contributed by atoms with Gasteiger partial charge in [0, 0.05) is 29.4 Å². The molecule has 0 atom stereocenters. The smallest absolute Gasteiger partial charge is 0.0328 e. The van der Waals surface area contributed by atoms with Crippen LogP contribution in [0.3, 0.4) is 0 Å². The maximum Gasteiger partial charge on any atom is 0.0328 e. The molecule has 0 unspecified atom stereocenters. The molecular weight excluding hydrogens is 252 g/mol. The zero-order chi connectivity index (χ0) is 13.9. The van der Waals surface area contributed by atoms with Crippen molar-refractivity contribution in [3.8, 4) is 0 Å². The van der Waals surface area contributed by atoms with Gasteiger partial charge in [0.15, 0.2) is 0 Å². The number of thiophene rings is 1. The lowest BCUT2D eigenvalue weighted by Gasteiger charge is -2.18. The van der Waals surface area contributed by atoms with Crippen LogP contribution in [0.2, 0.25) is 0 Å². The van der Waals surface area contributed by atoms with Crippen LogP contribution in [0.4, 0.5) is 0 Å². The molecule has 0 radical (unpaired) electrons. The molecule has 1 aliphatic rings. The molecule has 0 aliphatic carbocycles. The van der Waals surface area contributed by atoms with E-state index in [-0.39, 0.29) is 0 Å². The summed E-state index contributed by atoms with van der Waals surface area (Å²) in [6.07, 6.45) is 1.33. The minimum Gasteiger partial charge on any atom is -0.312 e. The molecule has 19 heavy (non-hydrogen) atoms. The fraction of sp³-hybridized carbons (Fsp3) is 0.750. The van der Waals surface area contributed by atoms with Gasteiger partial charge in [0.05, 0.1) is 0 Å². The lowest BCUT2D eigenvalue weighted by Crippen LogP contribution is -2.22. The number of nitrogens with zero attached hydrogens (tertiary/aromatic N) is 1. The van der Waals surface area contributed by atoms with Gasteiger partial charge in [-0.15, -0.1) is 11.3 Å². The molecule has 1 N–H and O–H groups in total. The molecule has 1 aromatic heterocycles. The summed E-state index contributed by atoms with van der Waals surface area (Å²) < 4.78 is 0. The van der Waals surface area contributed by atoms with Crippen LogP contribution in [0.15, 0.2) is 12.1 Å². The van der Waals surface area contributed by atoms with E-state index in [1.807, 2.05) is 11.3 Å². The van der Waals surface area contributed by atoms with E-state index in [0.717, 1.165) is 25.6 Å². The average molecular weight is 280 g/mol. The molecule has 0 amide bonds. The first kappa shape index (κ1) is 15.0. The molecule has 108 valence electrons. The van der Waals surface area contributed by atoms with E-state index in [2.05, 4.69) is 50.0 Å². The van der Waals surface area contributed by atoms with Gasteiger partial charge in [0.25, 0.3) is 0 Å². The molecule has 0 spiro atoms. The second-order valence-electron chi connectivity index (χ2n) is 7.02. The number of rotatable bonds is 6. The Bertz CT molecular complexity index is 395. The average Bonchev–Trinajstić information content (AvgIpc) is 2.86. The number of nitrogens with one attached hydrogen (secondary N) is 1. The zero-order valence-corrected chi connectivity index (χ0v) is 13.6. The van der Waals surface area contributed by atoms with Gasteiger partial charge >= 0.3 is 0 Å². The standard InChI is InChI=1S/C16H28N2S/c1-13(2)9-17-10-14-5-6-15(19-14)11-18-8-7-16(3,4)12-18/h5-6,13,17H,7-12H2,1-4H3. The van der Waals surface area contributed by atoms with Gasteiger partial charge in [0.2, 0.25) is 0 Å². The largest absolute Gasteiger partial charge is 0.312 e. The van der Waals surface area contributed by atoms with E-state index in [4.69, 9.17) is 0 Å². The van der Waals surface area contributed by atoms with Crippen LogP contribution in [-0.2, 0) is 13.1 Å². The van der Waals surface area contributed by atoms with Gasteiger partial charge in [-0.25, -0.2) is 0 Å². The molecule has 1 aromatic rings. The Morgan fingerprint density at radius 3 is 2.68 bits per heavy atom. The van der Waals surface area contributed by atoms with Crippen LogP contribution in [0, 0.1) is 11.3 Å². The van der Waals surface area contributed by atoms with Crippen LogP contribution in [0.5, 0.6) is 0 Å². The number of hydrogen-bond acceptors (Lipinski definition) is 3. The normalized spacial score (nSPS) is 19.4. The van der Waals surface area contributed by atoms with E-state index >= 15 is 0 Å². The predicted octanol–water partition coefficient (Wildman–Crippen LogP) is 3.73. The molecule has 2 heterocycles. The molecule has 1 saturated heterocycles. The van der Waals surface area contributed by atoms with E-state index in [1.54, 1.807) is 0 Å². The Morgan fingerprint density at radius 2 is 2.05 bits per heavy atom. The Balaban J connectivity index is 1.78. The summed E-state index contributed by atoms with van der Waals surface area (Å²) in [5.41, 5.74) is 0.513. The van der Waals surface area contributed by atoms with Crippen molar-refractivity contribution in [3.05, 3.63) is 21.9 Å². The van der Waals surface area contributed by atoms with Crippen LogP contribution < -0.4 is 5.32 Å². The molecule has 3 heteroatoms. The zero-order valence-electron chi connectivity index (χ0n) is 12.8. The summed E-state index contributed by atoms with van der Waals surface area (Å²) in [6, 6.07) is 4.59. The van der Waals surface area contributed by atoms with Crippen LogP contribution in [-0.4, -0.2) is 24.5 Å². The van der Waals surface area contributed by atoms with E-state index in [9.17, 15) is 0 Å². The van der Waals surface area contributed by atoms with Crippen molar-refractivity contribution < 1.29 is 0 Å². The van der Waals surface area contributed by atoms with Crippen molar-refractivity contribution in [2.45, 2.75) is 47.2 Å². The molecule has 0 saturated carbocycles. The third kappa shape index (κ3) is 4.90. The molecule has 1 aliphatic heterocycles. The first-order valence-electron chi connectivity index (χ1n) is 7.45. The van der Waals surface area contributed by atoms with Gasteiger partial charge in [-0.05, 0) is 43.0 Å². The summed E-state index contributed by atoms with van der Waals surface area (Å²) >= 11 is 1.97.